The summed E-state index contributed by atoms with van der Waals surface area (Å²) in [5.41, 5.74) is 1.70. The van der Waals surface area contributed by atoms with Gasteiger partial charge in [-0.15, -0.1) is 11.3 Å². The zero-order valence-corrected chi connectivity index (χ0v) is 12.1. The number of rotatable bonds is 4. The molecule has 96 valence electrons. The van der Waals surface area contributed by atoms with Crippen molar-refractivity contribution in [2.45, 2.75) is 77.6 Å². The van der Waals surface area contributed by atoms with Gasteiger partial charge in [0, 0.05) is 9.75 Å². The molecule has 2 rings (SSSR count). The summed E-state index contributed by atoms with van der Waals surface area (Å²) >= 11 is 2.12. The van der Waals surface area contributed by atoms with Gasteiger partial charge < -0.3 is 0 Å². The molecule has 0 spiro atoms. The summed E-state index contributed by atoms with van der Waals surface area (Å²) in [5.74, 6) is 0. The lowest BCUT2D eigenvalue weighted by Crippen LogP contribution is -1.86. The molecule has 1 heterocycles. The summed E-state index contributed by atoms with van der Waals surface area (Å²) < 4.78 is 0. The number of unbranched alkanes of at least 4 members (excludes halogenated alkanes) is 2. The van der Waals surface area contributed by atoms with E-state index in [1.807, 2.05) is 0 Å². The summed E-state index contributed by atoms with van der Waals surface area (Å²) in [7, 11) is 0. The molecule has 0 saturated heterocycles. The zero-order valence-electron chi connectivity index (χ0n) is 11.3. The lowest BCUT2D eigenvalue weighted by Gasteiger charge is -1.98. The van der Waals surface area contributed by atoms with Gasteiger partial charge in [-0.2, -0.15) is 0 Å². The molecule has 17 heavy (non-hydrogen) atoms. The summed E-state index contributed by atoms with van der Waals surface area (Å²) in [4.78, 5) is 3.38. The van der Waals surface area contributed by atoms with Crippen molar-refractivity contribution in [1.82, 2.24) is 0 Å². The molecule has 1 aliphatic rings. The molecule has 1 aliphatic carbocycles. The van der Waals surface area contributed by atoms with E-state index < -0.39 is 0 Å². The molecule has 0 atom stereocenters. The minimum absolute atomic E-state index is 1.32. The van der Waals surface area contributed by atoms with Crippen molar-refractivity contribution in [3.05, 3.63) is 21.4 Å². The Morgan fingerprint density at radius 3 is 2.59 bits per heavy atom. The largest absolute Gasteiger partial charge is 0.145 e. The van der Waals surface area contributed by atoms with Crippen LogP contribution in [-0.2, 0) is 19.3 Å². The summed E-state index contributed by atoms with van der Waals surface area (Å²) in [6.07, 6.45) is 15.3. The van der Waals surface area contributed by atoms with Crippen LogP contribution in [0.25, 0.3) is 0 Å². The fourth-order valence-electron chi connectivity index (χ4n) is 2.76. The number of fused-ring (bicyclic) bond motifs is 1. The molecule has 0 unspecified atom stereocenters. The Labute approximate surface area is 110 Å². The van der Waals surface area contributed by atoms with E-state index in [1.54, 1.807) is 15.3 Å². The van der Waals surface area contributed by atoms with Crippen LogP contribution in [0.3, 0.4) is 0 Å². The van der Waals surface area contributed by atoms with Gasteiger partial charge >= 0.3 is 0 Å². The predicted molar refractivity (Wildman–Crippen MR) is 78.0 cm³/mol. The van der Waals surface area contributed by atoms with Gasteiger partial charge in [0.2, 0.25) is 0 Å². The maximum Gasteiger partial charge on any atom is 0.00801 e. The number of thiophene rings is 1. The molecule has 0 aliphatic heterocycles. The van der Waals surface area contributed by atoms with Crippen molar-refractivity contribution in [3.8, 4) is 0 Å². The third-order valence-electron chi connectivity index (χ3n) is 3.82. The fraction of sp³-hybridized carbons (Fsp3) is 0.750. The molecule has 0 bridgehead atoms. The van der Waals surface area contributed by atoms with Crippen LogP contribution in [0.1, 0.15) is 73.6 Å². The highest BCUT2D eigenvalue weighted by Crippen LogP contribution is 2.29. The molecule has 1 aromatic rings. The number of aryl methyl sites for hydroxylation is 3. The van der Waals surface area contributed by atoms with E-state index in [2.05, 4.69) is 24.3 Å². The highest BCUT2D eigenvalue weighted by Gasteiger charge is 2.10. The highest BCUT2D eigenvalue weighted by molar-refractivity contribution is 7.12. The first-order valence-corrected chi connectivity index (χ1v) is 8.32. The quantitative estimate of drug-likeness (QED) is 0.616. The Morgan fingerprint density at radius 2 is 1.76 bits per heavy atom. The van der Waals surface area contributed by atoms with Crippen LogP contribution >= 0.6 is 11.3 Å². The fourth-order valence-corrected chi connectivity index (χ4v) is 4.06. The smallest absolute Gasteiger partial charge is 0.00801 e. The highest BCUT2D eigenvalue weighted by atomic mass is 32.1. The van der Waals surface area contributed by atoms with Crippen molar-refractivity contribution in [2.24, 2.45) is 0 Å². The van der Waals surface area contributed by atoms with Gasteiger partial charge in [-0.3, -0.25) is 0 Å². The van der Waals surface area contributed by atoms with E-state index in [-0.39, 0.29) is 0 Å². The SMILES string of the molecule is CCCCCc1cc2c(s1)CCCCCCC2. The summed E-state index contributed by atoms with van der Waals surface area (Å²) in [5, 5.41) is 0. The Bertz CT molecular complexity index is 299. The standard InChI is InChI=1S/C16H26S/c1-2-3-7-11-15-13-14-10-8-5-4-6-9-12-16(14)17-15/h13H,2-12H2,1H3. The third-order valence-corrected chi connectivity index (χ3v) is 5.12. The van der Waals surface area contributed by atoms with Crippen LogP contribution in [-0.4, -0.2) is 0 Å². The first kappa shape index (κ1) is 13.1. The van der Waals surface area contributed by atoms with Crippen LogP contribution < -0.4 is 0 Å². The molecular formula is C16H26S. The summed E-state index contributed by atoms with van der Waals surface area (Å²) in [6.45, 7) is 2.29. The minimum atomic E-state index is 1.32. The van der Waals surface area contributed by atoms with Gasteiger partial charge in [0.05, 0.1) is 0 Å². The van der Waals surface area contributed by atoms with Gasteiger partial charge in [0.1, 0.15) is 0 Å². The molecule has 0 saturated carbocycles. The van der Waals surface area contributed by atoms with Crippen LogP contribution in [0.15, 0.2) is 6.07 Å². The second kappa shape index (κ2) is 7.20. The third kappa shape index (κ3) is 4.13. The van der Waals surface area contributed by atoms with Gasteiger partial charge in [-0.05, 0) is 50.2 Å². The second-order valence-electron chi connectivity index (χ2n) is 5.39. The number of hydrogen-bond acceptors (Lipinski definition) is 1. The first-order valence-electron chi connectivity index (χ1n) is 7.50. The Hall–Kier alpha value is -0.300. The Morgan fingerprint density at radius 1 is 1.00 bits per heavy atom. The molecule has 0 amide bonds. The molecule has 0 fully saturated rings. The lowest BCUT2D eigenvalue weighted by atomic mass is 10.1. The average Bonchev–Trinajstić information content (AvgIpc) is 2.73. The van der Waals surface area contributed by atoms with E-state index in [0.717, 1.165) is 0 Å². The molecular weight excluding hydrogens is 224 g/mol. The zero-order chi connectivity index (χ0) is 11.9. The van der Waals surface area contributed by atoms with Crippen molar-refractivity contribution >= 4 is 11.3 Å². The van der Waals surface area contributed by atoms with E-state index in [9.17, 15) is 0 Å². The molecule has 0 N–H and O–H groups in total. The number of hydrogen-bond donors (Lipinski definition) is 0. The Balaban J connectivity index is 1.96. The van der Waals surface area contributed by atoms with Gasteiger partial charge in [-0.25, -0.2) is 0 Å². The average molecular weight is 250 g/mol. The van der Waals surface area contributed by atoms with Crippen LogP contribution in [0.4, 0.5) is 0 Å². The molecule has 1 heteroatoms. The maximum absolute atomic E-state index is 2.53. The van der Waals surface area contributed by atoms with E-state index in [0.29, 0.717) is 0 Å². The molecule has 0 nitrogen and oxygen atoms in total. The van der Waals surface area contributed by atoms with E-state index in [4.69, 9.17) is 0 Å². The normalized spacial score (nSPS) is 17.0. The molecule has 1 aromatic heterocycles. The topological polar surface area (TPSA) is 0 Å². The van der Waals surface area contributed by atoms with Crippen molar-refractivity contribution in [2.75, 3.05) is 0 Å². The summed E-state index contributed by atoms with van der Waals surface area (Å²) in [6, 6.07) is 2.53. The van der Waals surface area contributed by atoms with Gasteiger partial charge in [0.15, 0.2) is 0 Å². The monoisotopic (exact) mass is 250 g/mol. The van der Waals surface area contributed by atoms with Crippen LogP contribution in [0.2, 0.25) is 0 Å². The van der Waals surface area contributed by atoms with Crippen molar-refractivity contribution in [3.63, 3.8) is 0 Å². The van der Waals surface area contributed by atoms with Gasteiger partial charge in [0.25, 0.3) is 0 Å². The van der Waals surface area contributed by atoms with Crippen molar-refractivity contribution in [1.29, 1.82) is 0 Å². The minimum Gasteiger partial charge on any atom is -0.145 e. The maximum atomic E-state index is 2.53. The van der Waals surface area contributed by atoms with Crippen molar-refractivity contribution < 1.29 is 0 Å². The predicted octanol–water partition coefficient (Wildman–Crippen LogP) is 5.53. The van der Waals surface area contributed by atoms with Gasteiger partial charge in [-0.1, -0.05) is 39.0 Å². The second-order valence-corrected chi connectivity index (χ2v) is 6.61. The van der Waals surface area contributed by atoms with Crippen LogP contribution in [0.5, 0.6) is 0 Å². The molecule has 0 aromatic carbocycles. The Kier molecular flexibility index (Phi) is 5.57. The van der Waals surface area contributed by atoms with E-state index in [1.165, 1.54) is 70.6 Å². The lowest BCUT2D eigenvalue weighted by molar-refractivity contribution is 0.629. The first-order chi connectivity index (χ1) is 8.40. The van der Waals surface area contributed by atoms with Crippen LogP contribution in [0, 0.1) is 0 Å². The van der Waals surface area contributed by atoms with E-state index >= 15 is 0 Å². The molecule has 0 radical (unpaired) electrons.